The second kappa shape index (κ2) is 5.20. The molecule has 0 heterocycles. The van der Waals surface area contributed by atoms with Gasteiger partial charge in [0.05, 0.1) is 12.2 Å². The van der Waals surface area contributed by atoms with Gasteiger partial charge in [-0.2, -0.15) is 0 Å². The van der Waals surface area contributed by atoms with Crippen molar-refractivity contribution in [1.29, 1.82) is 0 Å². The van der Waals surface area contributed by atoms with Crippen molar-refractivity contribution >= 4 is 5.91 Å². The van der Waals surface area contributed by atoms with E-state index in [1.54, 1.807) is 0 Å². The molecule has 4 nitrogen and oxygen atoms in total. The first-order valence-electron chi connectivity index (χ1n) is 4.92. The summed E-state index contributed by atoms with van der Waals surface area (Å²) in [7, 11) is 0. The average molecular weight is 245 g/mol. The highest BCUT2D eigenvalue weighted by molar-refractivity contribution is 5.94. The topological polar surface area (TPSA) is 69.6 Å². The van der Waals surface area contributed by atoms with Gasteiger partial charge in [-0.05, 0) is 25.1 Å². The second-order valence-corrected chi connectivity index (χ2v) is 3.96. The van der Waals surface area contributed by atoms with Crippen LogP contribution in [-0.2, 0) is 0 Å². The number of hydrogen-bond acceptors (Lipinski definition) is 3. The molecule has 17 heavy (non-hydrogen) atoms. The summed E-state index contributed by atoms with van der Waals surface area (Å²) < 4.78 is 26.0. The van der Waals surface area contributed by atoms with Crippen LogP contribution in [0.15, 0.2) is 18.2 Å². The number of carbonyl (C=O) groups excluding carboxylic acids is 1. The molecule has 1 aromatic rings. The molecule has 0 aliphatic rings. The SMILES string of the molecule is CC(O)(CO)CNC(=O)c1cc(F)ccc1F. The molecule has 1 unspecified atom stereocenters. The van der Waals surface area contributed by atoms with Crippen molar-refractivity contribution in [3.63, 3.8) is 0 Å². The lowest BCUT2D eigenvalue weighted by Gasteiger charge is -2.20. The summed E-state index contributed by atoms with van der Waals surface area (Å²) in [5.41, 5.74) is -1.95. The highest BCUT2D eigenvalue weighted by atomic mass is 19.1. The predicted octanol–water partition coefficient (Wildman–Crippen LogP) is 0.438. The van der Waals surface area contributed by atoms with Crippen molar-refractivity contribution in [2.75, 3.05) is 13.2 Å². The van der Waals surface area contributed by atoms with Crippen LogP contribution in [0.5, 0.6) is 0 Å². The van der Waals surface area contributed by atoms with Crippen LogP contribution in [0.25, 0.3) is 0 Å². The van der Waals surface area contributed by atoms with Gasteiger partial charge in [-0.25, -0.2) is 8.78 Å². The van der Waals surface area contributed by atoms with E-state index in [4.69, 9.17) is 5.11 Å². The van der Waals surface area contributed by atoms with Gasteiger partial charge in [0, 0.05) is 6.54 Å². The Labute approximate surface area is 96.9 Å². The molecule has 1 atom stereocenters. The van der Waals surface area contributed by atoms with Crippen molar-refractivity contribution in [1.82, 2.24) is 5.32 Å². The Bertz CT molecular complexity index is 421. The number of hydrogen-bond donors (Lipinski definition) is 3. The Morgan fingerprint density at radius 1 is 1.47 bits per heavy atom. The van der Waals surface area contributed by atoms with Gasteiger partial charge in [-0.3, -0.25) is 4.79 Å². The maximum Gasteiger partial charge on any atom is 0.254 e. The van der Waals surface area contributed by atoms with Crippen LogP contribution in [0.2, 0.25) is 0 Å². The van der Waals surface area contributed by atoms with Crippen LogP contribution in [0.3, 0.4) is 0 Å². The van der Waals surface area contributed by atoms with Crippen LogP contribution in [0.4, 0.5) is 8.78 Å². The number of nitrogens with one attached hydrogen (secondary N) is 1. The summed E-state index contributed by atoms with van der Waals surface area (Å²) in [6.07, 6.45) is 0. The highest BCUT2D eigenvalue weighted by Crippen LogP contribution is 2.10. The molecule has 0 radical (unpaired) electrons. The number of rotatable bonds is 4. The van der Waals surface area contributed by atoms with Crippen LogP contribution in [0.1, 0.15) is 17.3 Å². The van der Waals surface area contributed by atoms with Gasteiger partial charge in [-0.15, -0.1) is 0 Å². The van der Waals surface area contributed by atoms with Crippen molar-refractivity contribution in [2.45, 2.75) is 12.5 Å². The summed E-state index contributed by atoms with van der Waals surface area (Å²) in [6, 6.07) is 2.50. The molecule has 0 aliphatic heterocycles. The molecule has 0 aliphatic carbocycles. The fourth-order valence-corrected chi connectivity index (χ4v) is 1.09. The van der Waals surface area contributed by atoms with Gasteiger partial charge in [0.15, 0.2) is 0 Å². The van der Waals surface area contributed by atoms with Gasteiger partial charge in [0.1, 0.15) is 17.2 Å². The van der Waals surface area contributed by atoms with Crippen molar-refractivity contribution in [3.8, 4) is 0 Å². The molecular formula is C11H13F2NO3. The van der Waals surface area contributed by atoms with Crippen LogP contribution in [-0.4, -0.2) is 34.9 Å². The van der Waals surface area contributed by atoms with Crippen molar-refractivity contribution < 1.29 is 23.8 Å². The summed E-state index contributed by atoms with van der Waals surface area (Å²) >= 11 is 0. The summed E-state index contributed by atoms with van der Waals surface area (Å²) in [5, 5.41) is 20.4. The molecule has 1 amide bonds. The molecule has 0 saturated heterocycles. The first-order valence-corrected chi connectivity index (χ1v) is 4.92. The number of halogens is 2. The van der Waals surface area contributed by atoms with Gasteiger partial charge in [-0.1, -0.05) is 0 Å². The summed E-state index contributed by atoms with van der Waals surface area (Å²) in [6.45, 7) is 0.479. The Morgan fingerprint density at radius 3 is 2.71 bits per heavy atom. The maximum atomic E-state index is 13.2. The number of carbonyl (C=O) groups is 1. The molecule has 0 bridgehead atoms. The third-order valence-electron chi connectivity index (χ3n) is 2.14. The number of aliphatic hydroxyl groups is 2. The Balaban J connectivity index is 2.74. The fourth-order valence-electron chi connectivity index (χ4n) is 1.09. The van der Waals surface area contributed by atoms with Crippen LogP contribution >= 0.6 is 0 Å². The highest BCUT2D eigenvalue weighted by Gasteiger charge is 2.21. The zero-order chi connectivity index (χ0) is 13.1. The van der Waals surface area contributed by atoms with E-state index < -0.39 is 35.3 Å². The normalized spacial score (nSPS) is 14.2. The minimum atomic E-state index is -1.50. The molecule has 0 spiro atoms. The van der Waals surface area contributed by atoms with Gasteiger partial charge < -0.3 is 15.5 Å². The number of aliphatic hydroxyl groups excluding tert-OH is 1. The standard InChI is InChI=1S/C11H13F2NO3/c1-11(17,6-15)5-14-10(16)8-4-7(12)2-3-9(8)13/h2-4,15,17H,5-6H2,1H3,(H,14,16). The van der Waals surface area contributed by atoms with E-state index in [1.807, 2.05) is 0 Å². The van der Waals surface area contributed by atoms with Crippen molar-refractivity contribution in [2.24, 2.45) is 0 Å². The zero-order valence-electron chi connectivity index (χ0n) is 9.20. The Hall–Kier alpha value is -1.53. The Kier molecular flexibility index (Phi) is 4.14. The molecule has 3 N–H and O–H groups in total. The van der Waals surface area contributed by atoms with Crippen LogP contribution in [0, 0.1) is 11.6 Å². The molecular weight excluding hydrogens is 232 g/mol. The molecule has 0 aromatic heterocycles. The van der Waals surface area contributed by atoms with Gasteiger partial charge >= 0.3 is 0 Å². The molecule has 94 valence electrons. The third-order valence-corrected chi connectivity index (χ3v) is 2.14. The largest absolute Gasteiger partial charge is 0.393 e. The van der Waals surface area contributed by atoms with E-state index in [0.29, 0.717) is 0 Å². The lowest BCUT2D eigenvalue weighted by atomic mass is 10.1. The van der Waals surface area contributed by atoms with E-state index in [1.165, 1.54) is 6.92 Å². The first kappa shape index (κ1) is 13.5. The fraction of sp³-hybridized carbons (Fsp3) is 0.364. The maximum absolute atomic E-state index is 13.2. The summed E-state index contributed by atoms with van der Waals surface area (Å²) in [5.74, 6) is -2.44. The lowest BCUT2D eigenvalue weighted by Crippen LogP contribution is -2.43. The van der Waals surface area contributed by atoms with E-state index >= 15 is 0 Å². The van der Waals surface area contributed by atoms with Gasteiger partial charge in [0.2, 0.25) is 0 Å². The van der Waals surface area contributed by atoms with Crippen molar-refractivity contribution in [3.05, 3.63) is 35.4 Å². The molecule has 0 fully saturated rings. The molecule has 1 aromatic carbocycles. The average Bonchev–Trinajstić information content (AvgIpc) is 2.29. The molecule has 1 rings (SSSR count). The molecule has 6 heteroatoms. The quantitative estimate of drug-likeness (QED) is 0.720. The smallest absolute Gasteiger partial charge is 0.254 e. The van der Waals surface area contributed by atoms with E-state index in [-0.39, 0.29) is 6.54 Å². The number of benzene rings is 1. The zero-order valence-corrected chi connectivity index (χ0v) is 9.20. The molecule has 0 saturated carbocycles. The number of amides is 1. The first-order chi connectivity index (χ1) is 7.85. The lowest BCUT2D eigenvalue weighted by molar-refractivity contribution is 0.00316. The minimum absolute atomic E-state index is 0.266. The summed E-state index contributed by atoms with van der Waals surface area (Å²) in [4.78, 5) is 11.5. The monoisotopic (exact) mass is 245 g/mol. The van der Waals surface area contributed by atoms with E-state index in [0.717, 1.165) is 18.2 Å². The minimum Gasteiger partial charge on any atom is -0.393 e. The van der Waals surface area contributed by atoms with Crippen LogP contribution < -0.4 is 5.32 Å². The van der Waals surface area contributed by atoms with E-state index in [2.05, 4.69) is 5.32 Å². The second-order valence-electron chi connectivity index (χ2n) is 3.96. The third kappa shape index (κ3) is 3.76. The predicted molar refractivity (Wildman–Crippen MR) is 56.4 cm³/mol. The van der Waals surface area contributed by atoms with E-state index in [9.17, 15) is 18.7 Å². The van der Waals surface area contributed by atoms with Gasteiger partial charge in [0.25, 0.3) is 5.91 Å². The Morgan fingerprint density at radius 2 is 2.12 bits per heavy atom.